The van der Waals surface area contributed by atoms with Crippen molar-refractivity contribution >= 4 is 34.4 Å². The molecule has 1 saturated heterocycles. The molecule has 1 aromatic carbocycles. The van der Waals surface area contributed by atoms with Gasteiger partial charge < -0.3 is 14.6 Å². The third-order valence-corrected chi connectivity index (χ3v) is 5.27. The Bertz CT molecular complexity index is 795. The van der Waals surface area contributed by atoms with Gasteiger partial charge in [-0.1, -0.05) is 18.2 Å². The van der Waals surface area contributed by atoms with Gasteiger partial charge in [0, 0.05) is 18.0 Å². The van der Waals surface area contributed by atoms with Gasteiger partial charge in [-0.3, -0.25) is 4.79 Å². The van der Waals surface area contributed by atoms with E-state index in [2.05, 4.69) is 21.7 Å². The van der Waals surface area contributed by atoms with Crippen LogP contribution in [0.5, 0.6) is 0 Å². The summed E-state index contributed by atoms with van der Waals surface area (Å²) in [5.41, 5.74) is 1.59. The smallest absolute Gasteiger partial charge is 0.299 e. The lowest BCUT2D eigenvalue weighted by Gasteiger charge is -2.21. The number of nitrogens with one attached hydrogen (secondary N) is 1. The fraction of sp³-hybridized carbons (Fsp3) is 0.333. The van der Waals surface area contributed by atoms with Crippen LogP contribution in [0.1, 0.15) is 17.7 Å². The van der Waals surface area contributed by atoms with E-state index in [0.717, 1.165) is 36.9 Å². The fourth-order valence-electron chi connectivity index (χ4n) is 3.13. The van der Waals surface area contributed by atoms with E-state index in [1.165, 1.54) is 4.88 Å². The summed E-state index contributed by atoms with van der Waals surface area (Å²) in [6.07, 6.45) is 2.68. The van der Waals surface area contributed by atoms with Gasteiger partial charge in [-0.05, 0) is 42.8 Å². The normalized spacial score (nSPS) is 17.5. The number of amides is 1. The van der Waals surface area contributed by atoms with Crippen molar-refractivity contribution in [2.24, 2.45) is 0 Å². The van der Waals surface area contributed by atoms with Crippen LogP contribution in [0.25, 0.3) is 11.1 Å². The number of carbonyl (C=O) groups is 1. The number of nitrogens with zero attached hydrogens (tertiary/aromatic N) is 2. The molecule has 5 nitrogen and oxygen atoms in total. The van der Waals surface area contributed by atoms with Crippen molar-refractivity contribution in [3.63, 3.8) is 0 Å². The Balaban J connectivity index is 1.42. The average molecular weight is 341 g/mol. The van der Waals surface area contributed by atoms with E-state index in [1.54, 1.807) is 11.3 Å². The zero-order chi connectivity index (χ0) is 16.4. The van der Waals surface area contributed by atoms with Crippen molar-refractivity contribution in [3.05, 3.63) is 46.7 Å². The van der Waals surface area contributed by atoms with Crippen molar-refractivity contribution in [3.8, 4) is 0 Å². The molecule has 1 fully saturated rings. The van der Waals surface area contributed by atoms with Gasteiger partial charge in [0.25, 0.3) is 6.01 Å². The number of benzene rings is 1. The Kier molecular flexibility index (Phi) is 4.21. The molecule has 0 aliphatic carbocycles. The minimum atomic E-state index is -0.193. The van der Waals surface area contributed by atoms with Crippen LogP contribution in [0.3, 0.4) is 0 Å². The van der Waals surface area contributed by atoms with Crippen LogP contribution in [0, 0.1) is 0 Å². The van der Waals surface area contributed by atoms with Crippen LogP contribution in [0.2, 0.25) is 0 Å². The quantitative estimate of drug-likeness (QED) is 0.774. The third kappa shape index (κ3) is 3.01. The summed E-state index contributed by atoms with van der Waals surface area (Å²) in [6, 6.07) is 12.2. The number of hydrogen-bond acceptors (Lipinski definition) is 5. The third-order valence-electron chi connectivity index (χ3n) is 4.33. The van der Waals surface area contributed by atoms with E-state index in [0.29, 0.717) is 12.6 Å². The summed E-state index contributed by atoms with van der Waals surface area (Å²) < 4.78 is 5.83. The molecule has 2 aromatic heterocycles. The zero-order valence-electron chi connectivity index (χ0n) is 13.3. The van der Waals surface area contributed by atoms with E-state index < -0.39 is 0 Å². The molecular weight excluding hydrogens is 322 g/mol. The topological polar surface area (TPSA) is 58.4 Å². The zero-order valence-corrected chi connectivity index (χ0v) is 14.1. The van der Waals surface area contributed by atoms with Crippen molar-refractivity contribution in [2.75, 3.05) is 18.0 Å². The molecule has 0 spiro atoms. The molecule has 24 heavy (non-hydrogen) atoms. The highest BCUT2D eigenvalue weighted by atomic mass is 32.1. The van der Waals surface area contributed by atoms with E-state index in [-0.39, 0.29) is 11.9 Å². The Hall–Kier alpha value is -2.34. The number of para-hydroxylation sites is 2. The molecule has 0 saturated carbocycles. The van der Waals surface area contributed by atoms with E-state index >= 15 is 0 Å². The van der Waals surface area contributed by atoms with Crippen molar-refractivity contribution in [1.29, 1.82) is 0 Å². The maximum Gasteiger partial charge on any atom is 0.299 e. The molecule has 0 unspecified atom stereocenters. The largest absolute Gasteiger partial charge is 0.423 e. The number of thiophene rings is 1. The highest BCUT2D eigenvalue weighted by Crippen LogP contribution is 2.28. The SMILES string of the molecule is O=C(NCCc1cccs1)[C@@H]1CCCN1c1nc2ccccc2o1. The number of aromatic nitrogens is 1. The molecule has 0 bridgehead atoms. The van der Waals surface area contributed by atoms with Crippen LogP contribution in [0.15, 0.2) is 46.2 Å². The second kappa shape index (κ2) is 6.65. The Labute approximate surface area is 144 Å². The van der Waals surface area contributed by atoms with E-state index in [4.69, 9.17) is 4.42 Å². The molecule has 1 atom stereocenters. The van der Waals surface area contributed by atoms with Gasteiger partial charge >= 0.3 is 0 Å². The highest BCUT2D eigenvalue weighted by molar-refractivity contribution is 7.09. The number of carbonyl (C=O) groups excluding carboxylic acids is 1. The van der Waals surface area contributed by atoms with Crippen molar-refractivity contribution < 1.29 is 9.21 Å². The van der Waals surface area contributed by atoms with Crippen LogP contribution in [0.4, 0.5) is 6.01 Å². The molecule has 124 valence electrons. The van der Waals surface area contributed by atoms with Crippen LogP contribution >= 0.6 is 11.3 Å². The maximum absolute atomic E-state index is 12.6. The van der Waals surface area contributed by atoms with E-state index in [9.17, 15) is 4.79 Å². The van der Waals surface area contributed by atoms with Crippen molar-refractivity contribution in [1.82, 2.24) is 10.3 Å². The van der Waals surface area contributed by atoms with Crippen LogP contribution in [-0.2, 0) is 11.2 Å². The number of fused-ring (bicyclic) bond motifs is 1. The van der Waals surface area contributed by atoms with Gasteiger partial charge in [-0.2, -0.15) is 4.98 Å². The minimum Gasteiger partial charge on any atom is -0.423 e. The standard InChI is InChI=1S/C18H19N3O2S/c22-17(19-10-9-13-5-4-12-24-13)15-7-3-11-21(15)18-20-14-6-1-2-8-16(14)23-18/h1-2,4-6,8,12,15H,3,7,9-11H2,(H,19,22)/t15-/m0/s1. The molecule has 1 amide bonds. The lowest BCUT2D eigenvalue weighted by atomic mass is 10.2. The first-order chi connectivity index (χ1) is 11.8. The van der Waals surface area contributed by atoms with Crippen LogP contribution in [-0.4, -0.2) is 30.0 Å². The first kappa shape index (κ1) is 15.2. The number of oxazole rings is 1. The molecule has 6 heteroatoms. The first-order valence-electron chi connectivity index (χ1n) is 8.23. The predicted octanol–water partition coefficient (Wildman–Crippen LogP) is 3.22. The Morgan fingerprint density at radius 2 is 2.25 bits per heavy atom. The van der Waals surface area contributed by atoms with Crippen LogP contribution < -0.4 is 10.2 Å². The molecule has 4 rings (SSSR count). The lowest BCUT2D eigenvalue weighted by molar-refractivity contribution is -0.122. The Morgan fingerprint density at radius 3 is 3.08 bits per heavy atom. The average Bonchev–Trinajstić information content (AvgIpc) is 3.33. The number of anilines is 1. The Morgan fingerprint density at radius 1 is 1.33 bits per heavy atom. The van der Waals surface area contributed by atoms with E-state index in [1.807, 2.05) is 35.2 Å². The summed E-state index contributed by atoms with van der Waals surface area (Å²) in [4.78, 5) is 20.4. The molecule has 3 aromatic rings. The van der Waals surface area contributed by atoms with Gasteiger partial charge in [0.2, 0.25) is 5.91 Å². The molecule has 3 heterocycles. The number of hydrogen-bond donors (Lipinski definition) is 1. The van der Waals surface area contributed by atoms with Gasteiger partial charge in [-0.25, -0.2) is 0 Å². The van der Waals surface area contributed by atoms with Gasteiger partial charge in [0.1, 0.15) is 11.6 Å². The molecule has 1 aliphatic heterocycles. The molecular formula is C18H19N3O2S. The maximum atomic E-state index is 12.6. The summed E-state index contributed by atoms with van der Waals surface area (Å²) >= 11 is 1.72. The summed E-state index contributed by atoms with van der Waals surface area (Å²) in [7, 11) is 0. The van der Waals surface area contributed by atoms with Gasteiger partial charge in [0.05, 0.1) is 0 Å². The summed E-state index contributed by atoms with van der Waals surface area (Å²) in [5.74, 6) is 0.0614. The highest BCUT2D eigenvalue weighted by Gasteiger charge is 2.33. The second-order valence-electron chi connectivity index (χ2n) is 5.94. The second-order valence-corrected chi connectivity index (χ2v) is 6.97. The monoisotopic (exact) mass is 341 g/mol. The first-order valence-corrected chi connectivity index (χ1v) is 9.11. The molecule has 1 aliphatic rings. The van der Waals surface area contributed by atoms with Gasteiger partial charge in [-0.15, -0.1) is 11.3 Å². The summed E-state index contributed by atoms with van der Waals surface area (Å²) in [6.45, 7) is 1.47. The van der Waals surface area contributed by atoms with Crippen molar-refractivity contribution in [2.45, 2.75) is 25.3 Å². The molecule has 0 radical (unpaired) electrons. The van der Waals surface area contributed by atoms with Gasteiger partial charge in [0.15, 0.2) is 5.58 Å². The number of rotatable bonds is 5. The predicted molar refractivity (Wildman–Crippen MR) is 95.4 cm³/mol. The summed E-state index contributed by atoms with van der Waals surface area (Å²) in [5, 5.41) is 5.11. The fourth-order valence-corrected chi connectivity index (χ4v) is 3.84. The minimum absolute atomic E-state index is 0.0614. The lowest BCUT2D eigenvalue weighted by Crippen LogP contribution is -2.44. The molecule has 1 N–H and O–H groups in total.